The lowest BCUT2D eigenvalue weighted by Crippen LogP contribution is -2.46. The largest absolute Gasteiger partial charge is 0.480 e. The fourth-order valence-electron chi connectivity index (χ4n) is 1.94. The Kier molecular flexibility index (Phi) is 6.62. The van der Waals surface area contributed by atoms with Gasteiger partial charge in [-0.25, -0.2) is 13.6 Å². The third-order valence-electron chi connectivity index (χ3n) is 3.09. The standard InChI is InChI=1S/C15H17F2NO5/c1-3-23-12(19)6-8(2)13(15(21)22)18-14(20)10-5-4-9(16)7-11(10)17/h4-5,7-8,13H,3,6H2,1-2H3,(H,18,20)(H,21,22)/t8-,13+/m0/s1. The minimum atomic E-state index is -1.42. The van der Waals surface area contributed by atoms with Crippen LogP contribution in [-0.2, 0) is 14.3 Å². The van der Waals surface area contributed by atoms with Crippen LogP contribution >= 0.6 is 0 Å². The molecule has 0 aliphatic rings. The summed E-state index contributed by atoms with van der Waals surface area (Å²) in [6, 6.07) is 0.897. The average Bonchev–Trinajstić information content (AvgIpc) is 2.44. The summed E-state index contributed by atoms with van der Waals surface area (Å²) in [5.74, 6) is -5.73. The molecular weight excluding hydrogens is 312 g/mol. The Morgan fingerprint density at radius 1 is 1.30 bits per heavy atom. The Morgan fingerprint density at radius 3 is 2.48 bits per heavy atom. The van der Waals surface area contributed by atoms with Crippen molar-refractivity contribution in [2.45, 2.75) is 26.3 Å². The summed E-state index contributed by atoms with van der Waals surface area (Å²) in [5.41, 5.74) is -0.485. The monoisotopic (exact) mass is 329 g/mol. The van der Waals surface area contributed by atoms with Crippen LogP contribution in [0.3, 0.4) is 0 Å². The molecule has 0 aliphatic heterocycles. The predicted octanol–water partition coefficient (Wildman–Crippen LogP) is 1.74. The van der Waals surface area contributed by atoms with Gasteiger partial charge in [0.2, 0.25) is 0 Å². The molecule has 0 saturated carbocycles. The van der Waals surface area contributed by atoms with Gasteiger partial charge < -0.3 is 15.2 Å². The van der Waals surface area contributed by atoms with Crippen molar-refractivity contribution < 1.29 is 33.0 Å². The van der Waals surface area contributed by atoms with E-state index in [-0.39, 0.29) is 13.0 Å². The number of halogens is 2. The van der Waals surface area contributed by atoms with Crippen molar-refractivity contribution in [1.29, 1.82) is 0 Å². The molecule has 0 spiro atoms. The van der Waals surface area contributed by atoms with Gasteiger partial charge in [0.15, 0.2) is 0 Å². The van der Waals surface area contributed by atoms with Gasteiger partial charge >= 0.3 is 11.9 Å². The van der Waals surface area contributed by atoms with Crippen LogP contribution < -0.4 is 5.32 Å². The first kappa shape index (κ1) is 18.5. The van der Waals surface area contributed by atoms with Crippen LogP contribution in [0.4, 0.5) is 8.78 Å². The summed E-state index contributed by atoms with van der Waals surface area (Å²) in [5, 5.41) is 11.3. The number of hydrogen-bond acceptors (Lipinski definition) is 4. The molecule has 2 atom stereocenters. The lowest BCUT2D eigenvalue weighted by atomic mass is 9.98. The predicted molar refractivity (Wildman–Crippen MR) is 75.7 cm³/mol. The molecule has 1 rings (SSSR count). The number of aliphatic carboxylic acids is 1. The first-order valence-corrected chi connectivity index (χ1v) is 6.90. The van der Waals surface area contributed by atoms with Gasteiger partial charge in [-0.15, -0.1) is 0 Å². The van der Waals surface area contributed by atoms with E-state index in [2.05, 4.69) is 5.32 Å². The van der Waals surface area contributed by atoms with E-state index in [0.717, 1.165) is 12.1 Å². The minimum absolute atomic E-state index is 0.149. The zero-order valence-corrected chi connectivity index (χ0v) is 12.6. The number of nitrogens with one attached hydrogen (secondary N) is 1. The summed E-state index contributed by atoms with van der Waals surface area (Å²) < 4.78 is 31.1. The molecule has 8 heteroatoms. The molecule has 1 aromatic rings. The number of hydrogen-bond donors (Lipinski definition) is 2. The summed E-state index contributed by atoms with van der Waals surface area (Å²) in [6.07, 6.45) is -0.225. The molecule has 1 amide bonds. The smallest absolute Gasteiger partial charge is 0.326 e. The maximum atomic E-state index is 13.5. The second kappa shape index (κ2) is 8.21. The van der Waals surface area contributed by atoms with E-state index in [1.165, 1.54) is 6.92 Å². The molecule has 0 heterocycles. The van der Waals surface area contributed by atoms with Gasteiger partial charge in [-0.05, 0) is 25.0 Å². The summed E-state index contributed by atoms with van der Waals surface area (Å²) >= 11 is 0. The van der Waals surface area contributed by atoms with Crippen molar-refractivity contribution in [3.8, 4) is 0 Å². The third-order valence-corrected chi connectivity index (χ3v) is 3.09. The molecule has 0 radical (unpaired) electrons. The fraction of sp³-hybridized carbons (Fsp3) is 0.400. The number of rotatable bonds is 7. The zero-order valence-electron chi connectivity index (χ0n) is 12.6. The van der Waals surface area contributed by atoms with E-state index in [1.54, 1.807) is 6.92 Å². The second-order valence-electron chi connectivity index (χ2n) is 4.90. The summed E-state index contributed by atoms with van der Waals surface area (Å²) in [7, 11) is 0. The van der Waals surface area contributed by atoms with Crippen LogP contribution in [0, 0.1) is 17.6 Å². The fourth-order valence-corrected chi connectivity index (χ4v) is 1.94. The quantitative estimate of drug-likeness (QED) is 0.743. The number of carbonyl (C=O) groups excluding carboxylic acids is 2. The molecule has 23 heavy (non-hydrogen) atoms. The highest BCUT2D eigenvalue weighted by Gasteiger charge is 2.29. The Bertz CT molecular complexity index is 606. The van der Waals surface area contributed by atoms with Gasteiger partial charge in [-0.3, -0.25) is 9.59 Å². The van der Waals surface area contributed by atoms with Gasteiger partial charge in [0.25, 0.3) is 5.91 Å². The number of carboxylic acids is 1. The van der Waals surface area contributed by atoms with Gasteiger partial charge in [0.1, 0.15) is 17.7 Å². The first-order chi connectivity index (χ1) is 10.8. The van der Waals surface area contributed by atoms with Crippen molar-refractivity contribution in [1.82, 2.24) is 5.32 Å². The Hall–Kier alpha value is -2.51. The maximum absolute atomic E-state index is 13.5. The van der Waals surface area contributed by atoms with Crippen LogP contribution in [-0.4, -0.2) is 35.6 Å². The molecule has 0 fully saturated rings. The number of benzene rings is 1. The molecule has 6 nitrogen and oxygen atoms in total. The number of esters is 1. The number of carbonyl (C=O) groups is 3. The molecule has 1 aromatic carbocycles. The Balaban J connectivity index is 2.84. The summed E-state index contributed by atoms with van der Waals surface area (Å²) in [6.45, 7) is 3.20. The van der Waals surface area contributed by atoms with Crippen molar-refractivity contribution >= 4 is 17.8 Å². The average molecular weight is 329 g/mol. The molecule has 2 N–H and O–H groups in total. The summed E-state index contributed by atoms with van der Waals surface area (Å²) in [4.78, 5) is 34.6. The van der Waals surface area contributed by atoms with Gasteiger partial charge in [-0.1, -0.05) is 6.92 Å². The van der Waals surface area contributed by atoms with E-state index in [1.807, 2.05) is 0 Å². The third kappa shape index (κ3) is 5.32. The lowest BCUT2D eigenvalue weighted by molar-refractivity contribution is -0.145. The first-order valence-electron chi connectivity index (χ1n) is 6.90. The second-order valence-corrected chi connectivity index (χ2v) is 4.90. The highest BCUT2D eigenvalue weighted by atomic mass is 19.1. The highest BCUT2D eigenvalue weighted by Crippen LogP contribution is 2.13. The van der Waals surface area contributed by atoms with Crippen LogP contribution in [0.2, 0.25) is 0 Å². The van der Waals surface area contributed by atoms with Gasteiger partial charge in [0.05, 0.1) is 18.6 Å². The van der Waals surface area contributed by atoms with Crippen molar-refractivity contribution in [2.24, 2.45) is 5.92 Å². The van der Waals surface area contributed by atoms with Crippen LogP contribution in [0.25, 0.3) is 0 Å². The van der Waals surface area contributed by atoms with Gasteiger partial charge in [0, 0.05) is 6.07 Å². The minimum Gasteiger partial charge on any atom is -0.480 e. The lowest BCUT2D eigenvalue weighted by Gasteiger charge is -2.21. The molecule has 126 valence electrons. The molecule has 0 unspecified atom stereocenters. The van der Waals surface area contributed by atoms with E-state index < -0.39 is 47.0 Å². The van der Waals surface area contributed by atoms with Crippen molar-refractivity contribution in [3.63, 3.8) is 0 Å². The number of ether oxygens (including phenoxy) is 1. The Labute approximate surface area is 131 Å². The molecule has 0 saturated heterocycles. The zero-order chi connectivity index (χ0) is 17.6. The molecule has 0 aliphatic carbocycles. The van der Waals surface area contributed by atoms with E-state index in [0.29, 0.717) is 6.07 Å². The topological polar surface area (TPSA) is 92.7 Å². The van der Waals surface area contributed by atoms with E-state index >= 15 is 0 Å². The van der Waals surface area contributed by atoms with Crippen molar-refractivity contribution in [2.75, 3.05) is 6.61 Å². The van der Waals surface area contributed by atoms with E-state index in [4.69, 9.17) is 4.74 Å². The Morgan fingerprint density at radius 2 is 1.96 bits per heavy atom. The number of carboxylic acid groups (broad SMARTS) is 1. The normalized spacial score (nSPS) is 13.0. The van der Waals surface area contributed by atoms with Crippen LogP contribution in [0.5, 0.6) is 0 Å². The van der Waals surface area contributed by atoms with E-state index in [9.17, 15) is 28.3 Å². The number of amides is 1. The SMILES string of the molecule is CCOC(=O)C[C@H](C)[C@@H](NC(=O)c1ccc(F)cc1F)C(=O)O. The molecular formula is C15H17F2NO5. The van der Waals surface area contributed by atoms with Gasteiger partial charge in [-0.2, -0.15) is 0 Å². The molecule has 0 aromatic heterocycles. The highest BCUT2D eigenvalue weighted by molar-refractivity contribution is 5.97. The molecule has 0 bridgehead atoms. The van der Waals surface area contributed by atoms with Crippen LogP contribution in [0.1, 0.15) is 30.6 Å². The maximum Gasteiger partial charge on any atom is 0.326 e. The van der Waals surface area contributed by atoms with Crippen molar-refractivity contribution in [3.05, 3.63) is 35.4 Å². The van der Waals surface area contributed by atoms with Crippen LogP contribution in [0.15, 0.2) is 18.2 Å².